The average Bonchev–Trinajstić information content (AvgIpc) is 2.64. The van der Waals surface area contributed by atoms with E-state index in [1.807, 2.05) is 58.0 Å². The van der Waals surface area contributed by atoms with Gasteiger partial charge in [-0.15, -0.1) is 0 Å². The van der Waals surface area contributed by atoms with Gasteiger partial charge in [0, 0.05) is 17.5 Å². The maximum absolute atomic E-state index is 12.7. The van der Waals surface area contributed by atoms with Crippen LogP contribution in [0.5, 0.6) is 0 Å². The molecule has 3 aromatic rings. The third kappa shape index (κ3) is 4.00. The van der Waals surface area contributed by atoms with E-state index in [1.165, 1.54) is 0 Å². The van der Waals surface area contributed by atoms with Crippen LogP contribution in [0.15, 0.2) is 36.4 Å². The van der Waals surface area contributed by atoms with Gasteiger partial charge in [-0.2, -0.15) is 5.26 Å². The predicted octanol–water partition coefficient (Wildman–Crippen LogP) is 5.44. The molecule has 3 rings (SSSR count). The first-order valence-electron chi connectivity index (χ1n) is 9.13. The van der Waals surface area contributed by atoms with Crippen molar-refractivity contribution in [2.45, 2.75) is 34.1 Å². The second kappa shape index (κ2) is 8.00. The van der Waals surface area contributed by atoms with Crippen molar-refractivity contribution in [3.63, 3.8) is 0 Å². The number of carbonyl (C=O) groups excluding carboxylic acids is 1. The van der Waals surface area contributed by atoms with Gasteiger partial charge < -0.3 is 5.32 Å². The van der Waals surface area contributed by atoms with Crippen LogP contribution in [0.2, 0.25) is 5.15 Å². The predicted molar refractivity (Wildman–Crippen MR) is 114 cm³/mol. The minimum absolute atomic E-state index is 0.210. The van der Waals surface area contributed by atoms with Crippen LogP contribution in [-0.4, -0.2) is 10.9 Å². The standard InChI is InChI=1S/C23H22ClN3O/c1-13-6-5-7-14(2)21(13)27-23(28)19(12-25)11-18-10-17-8-15(3)16(4)9-20(17)26-22(18)24/h5-10,19H,11H2,1-4H3,(H,27,28)/t19-/m0/s1. The van der Waals surface area contributed by atoms with Crippen LogP contribution in [0.25, 0.3) is 10.9 Å². The highest BCUT2D eigenvalue weighted by atomic mass is 35.5. The molecule has 0 aliphatic carbocycles. The summed E-state index contributed by atoms with van der Waals surface area (Å²) in [6.07, 6.45) is 0.210. The maximum Gasteiger partial charge on any atom is 0.242 e. The van der Waals surface area contributed by atoms with E-state index in [-0.39, 0.29) is 12.3 Å². The molecule has 0 radical (unpaired) electrons. The van der Waals surface area contributed by atoms with Crippen molar-refractivity contribution in [1.29, 1.82) is 5.26 Å². The summed E-state index contributed by atoms with van der Waals surface area (Å²) in [5.74, 6) is -1.20. The molecule has 0 spiro atoms. The Morgan fingerprint density at radius 2 is 1.75 bits per heavy atom. The third-order valence-corrected chi connectivity index (χ3v) is 5.41. The van der Waals surface area contributed by atoms with Crippen LogP contribution in [0, 0.1) is 44.9 Å². The third-order valence-electron chi connectivity index (χ3n) is 5.08. The van der Waals surface area contributed by atoms with Gasteiger partial charge in [-0.3, -0.25) is 4.79 Å². The highest BCUT2D eigenvalue weighted by Gasteiger charge is 2.22. The average molecular weight is 392 g/mol. The minimum atomic E-state index is -0.859. The fourth-order valence-corrected chi connectivity index (χ4v) is 3.47. The summed E-state index contributed by atoms with van der Waals surface area (Å²) in [5.41, 5.74) is 6.48. The fraction of sp³-hybridized carbons (Fsp3) is 0.261. The summed E-state index contributed by atoms with van der Waals surface area (Å²) < 4.78 is 0. The first-order valence-corrected chi connectivity index (χ1v) is 9.51. The van der Waals surface area contributed by atoms with E-state index in [4.69, 9.17) is 11.6 Å². The zero-order chi connectivity index (χ0) is 20.4. The second-order valence-corrected chi connectivity index (χ2v) is 7.57. The Balaban J connectivity index is 1.88. The summed E-state index contributed by atoms with van der Waals surface area (Å²) in [7, 11) is 0. The Kier molecular flexibility index (Phi) is 5.67. The molecule has 2 aromatic carbocycles. The highest BCUT2D eigenvalue weighted by Crippen LogP contribution is 2.26. The molecule has 142 valence electrons. The number of aryl methyl sites for hydroxylation is 4. The van der Waals surface area contributed by atoms with Crippen molar-refractivity contribution in [3.8, 4) is 6.07 Å². The largest absolute Gasteiger partial charge is 0.324 e. The van der Waals surface area contributed by atoms with E-state index < -0.39 is 5.92 Å². The molecule has 0 bridgehead atoms. The molecule has 5 heteroatoms. The Hall–Kier alpha value is -2.90. The molecule has 1 amide bonds. The van der Waals surface area contributed by atoms with E-state index >= 15 is 0 Å². The molecule has 0 fully saturated rings. The van der Waals surface area contributed by atoms with Gasteiger partial charge >= 0.3 is 0 Å². The molecular formula is C23H22ClN3O. The molecule has 0 saturated carbocycles. The van der Waals surface area contributed by atoms with Gasteiger partial charge in [0.2, 0.25) is 5.91 Å². The van der Waals surface area contributed by atoms with Crippen molar-refractivity contribution in [3.05, 3.63) is 69.4 Å². The van der Waals surface area contributed by atoms with Crippen molar-refractivity contribution in [2.24, 2.45) is 5.92 Å². The number of rotatable bonds is 4. The minimum Gasteiger partial charge on any atom is -0.324 e. The number of nitrogens with zero attached hydrogens (tertiary/aromatic N) is 2. The summed E-state index contributed by atoms with van der Waals surface area (Å²) in [6, 6.07) is 13.9. The van der Waals surface area contributed by atoms with Crippen LogP contribution in [0.1, 0.15) is 27.8 Å². The van der Waals surface area contributed by atoms with Gasteiger partial charge in [-0.1, -0.05) is 29.8 Å². The number of para-hydroxylation sites is 1. The van der Waals surface area contributed by atoms with Crippen molar-refractivity contribution < 1.29 is 4.79 Å². The first kappa shape index (κ1) is 19.9. The number of anilines is 1. The molecule has 28 heavy (non-hydrogen) atoms. The number of hydrogen-bond acceptors (Lipinski definition) is 3. The Bertz CT molecular complexity index is 1090. The Morgan fingerprint density at radius 1 is 1.11 bits per heavy atom. The number of nitriles is 1. The van der Waals surface area contributed by atoms with E-state index in [9.17, 15) is 10.1 Å². The molecule has 1 N–H and O–H groups in total. The van der Waals surface area contributed by atoms with Gasteiger partial charge in [-0.25, -0.2) is 4.98 Å². The number of nitrogens with one attached hydrogen (secondary N) is 1. The van der Waals surface area contributed by atoms with E-state index in [2.05, 4.69) is 22.4 Å². The lowest BCUT2D eigenvalue weighted by Gasteiger charge is -2.15. The number of pyridine rings is 1. The molecular weight excluding hydrogens is 370 g/mol. The van der Waals surface area contributed by atoms with Gasteiger partial charge in [0.25, 0.3) is 0 Å². The zero-order valence-electron chi connectivity index (χ0n) is 16.4. The number of benzene rings is 2. The highest BCUT2D eigenvalue weighted by molar-refractivity contribution is 6.30. The quantitative estimate of drug-likeness (QED) is 0.602. The number of hydrogen-bond donors (Lipinski definition) is 1. The van der Waals surface area contributed by atoms with Crippen molar-refractivity contribution >= 4 is 34.1 Å². The Labute approximate surface area is 170 Å². The van der Waals surface area contributed by atoms with E-state index in [1.54, 1.807) is 0 Å². The molecule has 0 saturated heterocycles. The number of amides is 1. The molecule has 0 unspecified atom stereocenters. The van der Waals surface area contributed by atoms with Crippen LogP contribution in [0.4, 0.5) is 5.69 Å². The number of carbonyl (C=O) groups is 1. The van der Waals surface area contributed by atoms with Gasteiger partial charge in [0.1, 0.15) is 11.1 Å². The number of aromatic nitrogens is 1. The summed E-state index contributed by atoms with van der Waals surface area (Å²) in [5, 5.41) is 13.8. The topological polar surface area (TPSA) is 65.8 Å². The van der Waals surface area contributed by atoms with Crippen molar-refractivity contribution in [2.75, 3.05) is 5.32 Å². The summed E-state index contributed by atoms with van der Waals surface area (Å²) in [4.78, 5) is 17.2. The molecule has 1 heterocycles. The summed E-state index contributed by atoms with van der Waals surface area (Å²) >= 11 is 6.36. The summed E-state index contributed by atoms with van der Waals surface area (Å²) in [6.45, 7) is 7.93. The van der Waals surface area contributed by atoms with Gasteiger partial charge in [-0.05, 0) is 73.7 Å². The van der Waals surface area contributed by atoms with E-state index in [0.29, 0.717) is 10.7 Å². The van der Waals surface area contributed by atoms with Crippen LogP contribution >= 0.6 is 11.6 Å². The van der Waals surface area contributed by atoms with Crippen LogP contribution in [-0.2, 0) is 11.2 Å². The molecule has 1 aromatic heterocycles. The fourth-order valence-electron chi connectivity index (χ4n) is 3.24. The number of halogens is 1. The van der Waals surface area contributed by atoms with Gasteiger partial charge in [0.15, 0.2) is 0 Å². The van der Waals surface area contributed by atoms with Crippen LogP contribution in [0.3, 0.4) is 0 Å². The SMILES string of the molecule is Cc1cc2cc(C[C@@H](C#N)C(=O)Nc3c(C)cccc3C)c(Cl)nc2cc1C. The number of fused-ring (bicyclic) bond motifs is 1. The molecule has 4 nitrogen and oxygen atoms in total. The van der Waals surface area contributed by atoms with Gasteiger partial charge in [0.05, 0.1) is 11.6 Å². The lowest BCUT2D eigenvalue weighted by atomic mass is 9.98. The lowest BCUT2D eigenvalue weighted by Crippen LogP contribution is -2.24. The molecule has 0 aliphatic rings. The second-order valence-electron chi connectivity index (χ2n) is 7.21. The molecule has 1 atom stereocenters. The van der Waals surface area contributed by atoms with Crippen LogP contribution < -0.4 is 5.32 Å². The zero-order valence-corrected chi connectivity index (χ0v) is 17.2. The Morgan fingerprint density at radius 3 is 2.39 bits per heavy atom. The monoisotopic (exact) mass is 391 g/mol. The van der Waals surface area contributed by atoms with Crippen molar-refractivity contribution in [1.82, 2.24) is 4.98 Å². The normalized spacial score (nSPS) is 11.9. The van der Waals surface area contributed by atoms with E-state index in [0.717, 1.165) is 38.8 Å². The first-order chi connectivity index (χ1) is 13.3. The maximum atomic E-state index is 12.7. The molecule has 0 aliphatic heterocycles. The smallest absolute Gasteiger partial charge is 0.242 e. The lowest BCUT2D eigenvalue weighted by molar-refractivity contribution is -0.118.